The van der Waals surface area contributed by atoms with Gasteiger partial charge in [0.05, 0.1) is 9.81 Å². The molecule has 0 radical (unpaired) electrons. The molecule has 0 saturated heterocycles. The number of rotatable bonds is 6. The molecule has 0 fully saturated rings. The lowest BCUT2D eigenvalue weighted by Crippen LogP contribution is -2.02. The highest BCUT2D eigenvalue weighted by Gasteiger charge is 2.15. The molecule has 0 saturated carbocycles. The molecule has 0 rings (SSSR count). The number of sulfone groups is 1. The van der Waals surface area contributed by atoms with Gasteiger partial charge in [-0.05, 0) is 32.9 Å². The molecule has 0 aromatic carbocycles. The highest BCUT2D eigenvalue weighted by molar-refractivity contribution is 7.99. The van der Waals surface area contributed by atoms with Crippen LogP contribution in [0, 0.1) is 0 Å². The summed E-state index contributed by atoms with van der Waals surface area (Å²) in [6.45, 7) is 16.3. The lowest BCUT2D eigenvalue weighted by Gasteiger charge is -2.03. The van der Waals surface area contributed by atoms with Crippen molar-refractivity contribution in [1.29, 1.82) is 0 Å². The van der Waals surface area contributed by atoms with E-state index in [2.05, 4.69) is 19.7 Å². The molecular formula is C15H20O2S. The Kier molecular flexibility index (Phi) is 6.34. The average Bonchev–Trinajstić information content (AvgIpc) is 2.31. The lowest BCUT2D eigenvalue weighted by atomic mass is 10.3. The van der Waals surface area contributed by atoms with Crippen molar-refractivity contribution >= 4 is 9.84 Å². The van der Waals surface area contributed by atoms with Crippen LogP contribution < -0.4 is 0 Å². The Morgan fingerprint density at radius 1 is 0.889 bits per heavy atom. The van der Waals surface area contributed by atoms with E-state index in [-0.39, 0.29) is 9.81 Å². The van der Waals surface area contributed by atoms with Crippen molar-refractivity contribution in [3.8, 4) is 0 Å². The molecule has 0 heterocycles. The Balaban J connectivity index is 5.06. The predicted molar refractivity (Wildman–Crippen MR) is 79.7 cm³/mol. The molecule has 0 N–H and O–H groups in total. The summed E-state index contributed by atoms with van der Waals surface area (Å²) >= 11 is 0. The van der Waals surface area contributed by atoms with Gasteiger partial charge in [-0.25, -0.2) is 8.42 Å². The highest BCUT2D eigenvalue weighted by atomic mass is 32.2. The second-order valence-electron chi connectivity index (χ2n) is 3.98. The lowest BCUT2D eigenvalue weighted by molar-refractivity contribution is 0.609. The van der Waals surface area contributed by atoms with Crippen LogP contribution in [0.5, 0.6) is 0 Å². The van der Waals surface area contributed by atoms with Crippen LogP contribution >= 0.6 is 0 Å². The third kappa shape index (κ3) is 5.15. The number of hydrogen-bond donors (Lipinski definition) is 0. The zero-order chi connectivity index (χ0) is 14.3. The van der Waals surface area contributed by atoms with Crippen molar-refractivity contribution in [2.75, 3.05) is 0 Å². The van der Waals surface area contributed by atoms with Crippen LogP contribution in [0.1, 0.15) is 20.8 Å². The van der Waals surface area contributed by atoms with E-state index < -0.39 is 9.84 Å². The smallest absolute Gasteiger partial charge is 0.205 e. The second-order valence-corrected chi connectivity index (χ2v) is 6.04. The van der Waals surface area contributed by atoms with E-state index >= 15 is 0 Å². The largest absolute Gasteiger partial charge is 0.219 e. The van der Waals surface area contributed by atoms with E-state index in [0.717, 1.165) is 11.1 Å². The third-order valence-electron chi connectivity index (χ3n) is 2.23. The zero-order valence-corrected chi connectivity index (χ0v) is 12.0. The van der Waals surface area contributed by atoms with E-state index in [1.54, 1.807) is 19.1 Å². The molecule has 18 heavy (non-hydrogen) atoms. The highest BCUT2D eigenvalue weighted by Crippen LogP contribution is 2.17. The number of allylic oxidation sites excluding steroid dienone is 7. The first-order valence-electron chi connectivity index (χ1n) is 5.49. The monoisotopic (exact) mass is 264 g/mol. The maximum absolute atomic E-state index is 12.0. The molecule has 0 aliphatic heterocycles. The fourth-order valence-electron chi connectivity index (χ4n) is 0.903. The third-order valence-corrected chi connectivity index (χ3v) is 3.88. The SMILES string of the molecule is C=C(C)/C=C\C(=C)S(=O)(=O)C(=C)/C=C\C(C)=C/C. The Bertz CT molecular complexity index is 541. The molecule has 0 aliphatic carbocycles. The van der Waals surface area contributed by atoms with Gasteiger partial charge in [-0.2, -0.15) is 0 Å². The van der Waals surface area contributed by atoms with Crippen LogP contribution in [-0.2, 0) is 9.84 Å². The predicted octanol–water partition coefficient (Wildman–Crippen LogP) is 4.08. The summed E-state index contributed by atoms with van der Waals surface area (Å²) in [7, 11) is -3.57. The summed E-state index contributed by atoms with van der Waals surface area (Å²) in [5.41, 5.74) is 1.73. The van der Waals surface area contributed by atoms with Crippen LogP contribution in [0.2, 0.25) is 0 Å². The minimum absolute atomic E-state index is 0.0123. The molecule has 0 bridgehead atoms. The summed E-state index contributed by atoms with van der Waals surface area (Å²) in [4.78, 5) is 0.0401. The van der Waals surface area contributed by atoms with E-state index in [1.165, 1.54) is 12.2 Å². The normalized spacial score (nSPS) is 13.2. The van der Waals surface area contributed by atoms with Gasteiger partial charge in [0.1, 0.15) is 0 Å². The molecule has 0 spiro atoms. The van der Waals surface area contributed by atoms with Gasteiger partial charge in [-0.3, -0.25) is 0 Å². The molecule has 0 unspecified atom stereocenters. The minimum atomic E-state index is -3.57. The van der Waals surface area contributed by atoms with Crippen molar-refractivity contribution in [3.63, 3.8) is 0 Å². The summed E-state index contributed by atoms with van der Waals surface area (Å²) < 4.78 is 24.0. The van der Waals surface area contributed by atoms with Crippen LogP contribution in [0.4, 0.5) is 0 Å². The molecule has 0 aromatic heterocycles. The summed E-state index contributed by atoms with van der Waals surface area (Å²) in [6.07, 6.45) is 8.10. The maximum atomic E-state index is 12.0. The first-order valence-corrected chi connectivity index (χ1v) is 6.97. The Morgan fingerprint density at radius 2 is 1.33 bits per heavy atom. The molecule has 2 nitrogen and oxygen atoms in total. The van der Waals surface area contributed by atoms with Crippen LogP contribution in [-0.4, -0.2) is 8.42 Å². The topological polar surface area (TPSA) is 34.1 Å². The van der Waals surface area contributed by atoms with Crippen molar-refractivity contribution in [3.05, 3.63) is 71.1 Å². The minimum Gasteiger partial charge on any atom is -0.219 e. The molecule has 3 heteroatoms. The Morgan fingerprint density at radius 3 is 1.72 bits per heavy atom. The Hall–Kier alpha value is -1.61. The summed E-state index contributed by atoms with van der Waals surface area (Å²) in [6, 6.07) is 0. The van der Waals surface area contributed by atoms with Crippen molar-refractivity contribution in [1.82, 2.24) is 0 Å². The van der Waals surface area contributed by atoms with E-state index in [9.17, 15) is 8.42 Å². The van der Waals surface area contributed by atoms with Gasteiger partial charge in [0.25, 0.3) is 0 Å². The van der Waals surface area contributed by atoms with Crippen LogP contribution in [0.15, 0.2) is 71.1 Å². The van der Waals surface area contributed by atoms with Crippen LogP contribution in [0.25, 0.3) is 0 Å². The van der Waals surface area contributed by atoms with Crippen molar-refractivity contribution < 1.29 is 8.42 Å². The average molecular weight is 264 g/mol. The second kappa shape index (κ2) is 6.97. The maximum Gasteiger partial charge on any atom is 0.205 e. The standard InChI is InChI=1S/C15H20O2S/c1-7-13(4)9-11-15(6)18(16,17)14(5)10-8-12(2)3/h7-11H,2,5-6H2,1,3-4H3/b10-8-,11-9-,13-7-. The van der Waals surface area contributed by atoms with E-state index in [0.29, 0.717) is 0 Å². The van der Waals surface area contributed by atoms with Gasteiger partial charge in [0.2, 0.25) is 9.84 Å². The zero-order valence-electron chi connectivity index (χ0n) is 11.2. The first kappa shape index (κ1) is 16.4. The molecule has 0 atom stereocenters. The van der Waals surface area contributed by atoms with E-state index in [1.807, 2.05) is 19.9 Å². The van der Waals surface area contributed by atoms with Crippen molar-refractivity contribution in [2.24, 2.45) is 0 Å². The van der Waals surface area contributed by atoms with Gasteiger partial charge in [0, 0.05) is 0 Å². The molecule has 0 amide bonds. The molecule has 0 aromatic rings. The van der Waals surface area contributed by atoms with Gasteiger partial charge in [-0.1, -0.05) is 49.1 Å². The molecule has 98 valence electrons. The number of hydrogen-bond acceptors (Lipinski definition) is 2. The fraction of sp³-hybridized carbons (Fsp3) is 0.200. The first-order chi connectivity index (χ1) is 8.21. The van der Waals surface area contributed by atoms with Gasteiger partial charge in [0.15, 0.2) is 0 Å². The summed E-state index contributed by atoms with van der Waals surface area (Å²) in [5.74, 6) is 0. The van der Waals surface area contributed by atoms with E-state index in [4.69, 9.17) is 0 Å². The quantitative estimate of drug-likeness (QED) is 0.677. The van der Waals surface area contributed by atoms with Crippen molar-refractivity contribution in [2.45, 2.75) is 20.8 Å². The van der Waals surface area contributed by atoms with Gasteiger partial charge < -0.3 is 0 Å². The van der Waals surface area contributed by atoms with Gasteiger partial charge >= 0.3 is 0 Å². The fourth-order valence-corrected chi connectivity index (χ4v) is 1.73. The molecule has 0 aliphatic rings. The summed E-state index contributed by atoms with van der Waals surface area (Å²) in [5, 5.41) is 0. The van der Waals surface area contributed by atoms with Crippen LogP contribution in [0.3, 0.4) is 0 Å². The Labute approximate surface area is 110 Å². The molecular weight excluding hydrogens is 244 g/mol. The van der Waals surface area contributed by atoms with Gasteiger partial charge in [-0.15, -0.1) is 0 Å².